The molecule has 0 bridgehead atoms. The minimum absolute atomic E-state index is 0.0823. The molecule has 3 rings (SSSR count). The lowest BCUT2D eigenvalue weighted by Crippen LogP contribution is -2.40. The van der Waals surface area contributed by atoms with E-state index in [2.05, 4.69) is 29.2 Å². The van der Waals surface area contributed by atoms with Crippen molar-refractivity contribution in [2.45, 2.75) is 33.7 Å². The zero-order chi connectivity index (χ0) is 24.0. The van der Waals surface area contributed by atoms with Gasteiger partial charge in [-0.2, -0.15) is 5.10 Å². The first-order valence-electron chi connectivity index (χ1n) is 11.2. The Labute approximate surface area is 195 Å². The highest BCUT2D eigenvalue weighted by atomic mass is 16.5. The Morgan fingerprint density at radius 2 is 1.76 bits per heavy atom. The first-order chi connectivity index (χ1) is 15.9. The van der Waals surface area contributed by atoms with Crippen LogP contribution >= 0.6 is 0 Å². The molecule has 0 saturated carbocycles. The standard InChI is InChI=1S/C26H32N4O3/c1-6-29(7-2)23(20-12-11-15-22(16-20)33-5)17-27-26(32)25(31)24-18(3)28-30(19(24)4)21-13-9-8-10-14-21/h8-16,23H,6-7,17H2,1-5H3,(H,27,32). The van der Waals surface area contributed by atoms with Gasteiger partial charge in [-0.15, -0.1) is 0 Å². The summed E-state index contributed by atoms with van der Waals surface area (Å²) >= 11 is 0. The molecule has 7 heteroatoms. The van der Waals surface area contributed by atoms with Gasteiger partial charge >= 0.3 is 0 Å². The van der Waals surface area contributed by atoms with Crippen molar-refractivity contribution in [3.05, 3.63) is 77.1 Å². The van der Waals surface area contributed by atoms with Gasteiger partial charge in [-0.25, -0.2) is 4.68 Å². The maximum absolute atomic E-state index is 13.1. The topological polar surface area (TPSA) is 76.5 Å². The second-order valence-corrected chi connectivity index (χ2v) is 7.85. The summed E-state index contributed by atoms with van der Waals surface area (Å²) in [4.78, 5) is 28.2. The molecular weight excluding hydrogens is 416 g/mol. The molecule has 0 aliphatic carbocycles. The van der Waals surface area contributed by atoms with E-state index in [9.17, 15) is 9.59 Å². The lowest BCUT2D eigenvalue weighted by Gasteiger charge is -2.30. The van der Waals surface area contributed by atoms with Crippen molar-refractivity contribution in [3.63, 3.8) is 0 Å². The van der Waals surface area contributed by atoms with E-state index in [-0.39, 0.29) is 6.04 Å². The molecule has 2 aromatic carbocycles. The van der Waals surface area contributed by atoms with Gasteiger partial charge in [0, 0.05) is 6.54 Å². The average Bonchev–Trinajstić information content (AvgIpc) is 3.15. The summed E-state index contributed by atoms with van der Waals surface area (Å²) in [7, 11) is 1.63. The molecule has 0 aliphatic heterocycles. The van der Waals surface area contributed by atoms with Crippen molar-refractivity contribution in [1.82, 2.24) is 20.0 Å². The number of nitrogens with one attached hydrogen (secondary N) is 1. The van der Waals surface area contributed by atoms with Crippen LogP contribution < -0.4 is 10.1 Å². The second-order valence-electron chi connectivity index (χ2n) is 7.85. The maximum atomic E-state index is 13.1. The number of rotatable bonds is 10. The van der Waals surface area contributed by atoms with Crippen molar-refractivity contribution < 1.29 is 14.3 Å². The number of likely N-dealkylation sites (N-methyl/N-ethyl adjacent to an activating group) is 1. The van der Waals surface area contributed by atoms with Crippen molar-refractivity contribution in [2.24, 2.45) is 0 Å². The Hall–Kier alpha value is -3.45. The predicted molar refractivity (Wildman–Crippen MR) is 129 cm³/mol. The number of methoxy groups -OCH3 is 1. The molecule has 0 fully saturated rings. The normalized spacial score (nSPS) is 11.9. The molecule has 1 N–H and O–H groups in total. The van der Waals surface area contributed by atoms with E-state index in [1.807, 2.05) is 61.5 Å². The van der Waals surface area contributed by atoms with Gasteiger partial charge in [0.15, 0.2) is 0 Å². The Morgan fingerprint density at radius 1 is 1.06 bits per heavy atom. The van der Waals surface area contributed by atoms with Crippen LogP contribution in [0.15, 0.2) is 54.6 Å². The Kier molecular flexibility index (Phi) is 8.01. The van der Waals surface area contributed by atoms with Crippen LogP contribution in [0.3, 0.4) is 0 Å². The number of ether oxygens (including phenoxy) is 1. The van der Waals surface area contributed by atoms with Crippen LogP contribution in [0.1, 0.15) is 47.2 Å². The van der Waals surface area contributed by atoms with Crippen molar-refractivity contribution >= 4 is 11.7 Å². The van der Waals surface area contributed by atoms with Gasteiger partial charge in [0.2, 0.25) is 0 Å². The number of Topliss-reactive ketones (excluding diaryl/α,β-unsaturated/α-hetero) is 1. The molecule has 0 aliphatic rings. The van der Waals surface area contributed by atoms with Crippen LogP contribution in [0.4, 0.5) is 0 Å². The minimum atomic E-state index is -0.631. The minimum Gasteiger partial charge on any atom is -0.497 e. The van der Waals surface area contributed by atoms with Gasteiger partial charge in [-0.05, 0) is 56.8 Å². The summed E-state index contributed by atoms with van der Waals surface area (Å²) in [6.07, 6.45) is 0. The van der Waals surface area contributed by atoms with Crippen molar-refractivity contribution in [3.8, 4) is 11.4 Å². The molecule has 7 nitrogen and oxygen atoms in total. The fourth-order valence-electron chi connectivity index (χ4n) is 4.15. The molecule has 1 aromatic heterocycles. The fraction of sp³-hybridized carbons (Fsp3) is 0.346. The number of carbonyl (C=O) groups excluding carboxylic acids is 2. The van der Waals surface area contributed by atoms with E-state index in [0.29, 0.717) is 23.5 Å². The highest BCUT2D eigenvalue weighted by Gasteiger charge is 2.27. The van der Waals surface area contributed by atoms with Crippen molar-refractivity contribution in [1.29, 1.82) is 0 Å². The summed E-state index contributed by atoms with van der Waals surface area (Å²) in [5.74, 6) is -0.448. The maximum Gasteiger partial charge on any atom is 0.292 e. The lowest BCUT2D eigenvalue weighted by atomic mass is 10.0. The number of aromatic nitrogens is 2. The van der Waals surface area contributed by atoms with Crippen LogP contribution in [0.2, 0.25) is 0 Å². The second kappa shape index (κ2) is 10.9. The molecule has 1 amide bonds. The van der Waals surface area contributed by atoms with E-state index in [0.717, 1.165) is 30.1 Å². The van der Waals surface area contributed by atoms with Gasteiger partial charge < -0.3 is 10.1 Å². The highest BCUT2D eigenvalue weighted by Crippen LogP contribution is 2.24. The number of nitrogens with zero attached hydrogens (tertiary/aromatic N) is 3. The number of hydrogen-bond donors (Lipinski definition) is 1. The fourth-order valence-corrected chi connectivity index (χ4v) is 4.15. The van der Waals surface area contributed by atoms with Gasteiger partial charge in [-0.3, -0.25) is 14.5 Å². The third-order valence-electron chi connectivity index (χ3n) is 5.91. The van der Waals surface area contributed by atoms with E-state index in [4.69, 9.17) is 4.74 Å². The molecule has 33 heavy (non-hydrogen) atoms. The van der Waals surface area contributed by atoms with Crippen molar-refractivity contribution in [2.75, 3.05) is 26.7 Å². The highest BCUT2D eigenvalue weighted by molar-refractivity contribution is 6.43. The zero-order valence-corrected chi connectivity index (χ0v) is 20.0. The van der Waals surface area contributed by atoms with E-state index in [1.54, 1.807) is 18.7 Å². The van der Waals surface area contributed by atoms with Gasteiger partial charge in [0.1, 0.15) is 5.75 Å². The zero-order valence-electron chi connectivity index (χ0n) is 20.0. The van der Waals surface area contributed by atoms with Crippen LogP contribution in [0.5, 0.6) is 5.75 Å². The smallest absolute Gasteiger partial charge is 0.292 e. The Balaban J connectivity index is 1.81. The third-order valence-corrected chi connectivity index (χ3v) is 5.91. The first-order valence-corrected chi connectivity index (χ1v) is 11.2. The molecule has 1 heterocycles. The summed E-state index contributed by atoms with van der Waals surface area (Å²) in [6, 6.07) is 17.3. The van der Waals surface area contributed by atoms with Crippen LogP contribution in [0.25, 0.3) is 5.69 Å². The van der Waals surface area contributed by atoms with Gasteiger partial charge in [0.05, 0.1) is 35.8 Å². The van der Waals surface area contributed by atoms with E-state index in [1.165, 1.54) is 0 Å². The molecule has 0 spiro atoms. The average molecular weight is 449 g/mol. The molecule has 1 unspecified atom stereocenters. The SMILES string of the molecule is CCN(CC)C(CNC(=O)C(=O)c1c(C)nn(-c2ccccc2)c1C)c1cccc(OC)c1. The Bertz CT molecular complexity index is 1100. The Morgan fingerprint density at radius 3 is 2.39 bits per heavy atom. The number of ketones is 1. The van der Waals surface area contributed by atoms with Gasteiger partial charge in [0.25, 0.3) is 11.7 Å². The number of para-hydroxylation sites is 1. The quantitative estimate of drug-likeness (QED) is 0.376. The van der Waals surface area contributed by atoms with Crippen LogP contribution in [0, 0.1) is 13.8 Å². The molecule has 0 radical (unpaired) electrons. The predicted octanol–water partition coefficient (Wildman–Crippen LogP) is 3.88. The molecular formula is C26H32N4O3. The van der Waals surface area contributed by atoms with Crippen LogP contribution in [-0.2, 0) is 4.79 Å². The van der Waals surface area contributed by atoms with Gasteiger partial charge in [-0.1, -0.05) is 44.2 Å². The third kappa shape index (κ3) is 5.31. The number of carbonyl (C=O) groups is 2. The molecule has 3 aromatic rings. The number of aryl methyl sites for hydroxylation is 1. The molecule has 174 valence electrons. The van der Waals surface area contributed by atoms with E-state index < -0.39 is 11.7 Å². The summed E-state index contributed by atoms with van der Waals surface area (Å²) < 4.78 is 7.07. The van der Waals surface area contributed by atoms with E-state index >= 15 is 0 Å². The number of hydrogen-bond acceptors (Lipinski definition) is 5. The lowest BCUT2D eigenvalue weighted by molar-refractivity contribution is -0.117. The van der Waals surface area contributed by atoms with Crippen LogP contribution in [-0.4, -0.2) is 53.1 Å². The summed E-state index contributed by atoms with van der Waals surface area (Å²) in [5, 5.41) is 7.36. The first kappa shape index (κ1) is 24.2. The number of benzene rings is 2. The largest absolute Gasteiger partial charge is 0.497 e. The number of amides is 1. The molecule has 0 saturated heterocycles. The summed E-state index contributed by atoms with van der Waals surface area (Å²) in [5.41, 5.74) is 3.39. The monoisotopic (exact) mass is 448 g/mol. The summed E-state index contributed by atoms with van der Waals surface area (Å²) in [6.45, 7) is 9.64. The molecule has 1 atom stereocenters.